The number of carbonyl (C=O) groups is 1. The number of H-pyrrole nitrogens is 2. The lowest BCUT2D eigenvalue weighted by molar-refractivity contribution is -0.131. The Morgan fingerprint density at radius 1 is 1.11 bits per heavy atom. The number of rotatable bonds is 5. The van der Waals surface area contributed by atoms with E-state index >= 15 is 0 Å². The fourth-order valence-electron chi connectivity index (χ4n) is 5.50. The summed E-state index contributed by atoms with van der Waals surface area (Å²) in [6.07, 6.45) is 2.26. The Balaban J connectivity index is 1.37. The summed E-state index contributed by atoms with van der Waals surface area (Å²) in [4.78, 5) is 22.9. The molecule has 7 nitrogen and oxygen atoms in total. The average Bonchev–Trinajstić information content (AvgIpc) is 3.41. The summed E-state index contributed by atoms with van der Waals surface area (Å²) in [6, 6.07) is 12.9. The van der Waals surface area contributed by atoms with Crippen molar-refractivity contribution in [3.63, 3.8) is 0 Å². The molecule has 4 heterocycles. The van der Waals surface area contributed by atoms with Crippen molar-refractivity contribution >= 4 is 22.6 Å². The van der Waals surface area contributed by atoms with Crippen molar-refractivity contribution in [2.45, 2.75) is 58.8 Å². The van der Waals surface area contributed by atoms with Crippen LogP contribution >= 0.6 is 0 Å². The smallest absolute Gasteiger partial charge is 0.228 e. The summed E-state index contributed by atoms with van der Waals surface area (Å²) in [5.41, 5.74) is 14.8. The molecule has 0 radical (unpaired) electrons. The molecular weight excluding hydrogens is 436 g/mol. The molecule has 7 heteroatoms. The number of nitrogens with two attached hydrogens (primary N) is 1. The first-order valence-electron chi connectivity index (χ1n) is 12.5. The van der Waals surface area contributed by atoms with Gasteiger partial charge < -0.3 is 15.6 Å². The predicted molar refractivity (Wildman–Crippen MR) is 140 cm³/mol. The van der Waals surface area contributed by atoms with E-state index in [0.29, 0.717) is 24.1 Å². The molecule has 4 aromatic rings. The molecule has 0 aliphatic carbocycles. The van der Waals surface area contributed by atoms with Crippen molar-refractivity contribution in [1.82, 2.24) is 25.1 Å². The van der Waals surface area contributed by atoms with Gasteiger partial charge in [0.05, 0.1) is 12.1 Å². The van der Waals surface area contributed by atoms with E-state index in [9.17, 15) is 4.79 Å². The maximum atomic E-state index is 12.7. The van der Waals surface area contributed by atoms with Gasteiger partial charge in [-0.25, -0.2) is 0 Å². The van der Waals surface area contributed by atoms with E-state index in [2.05, 4.69) is 64.3 Å². The Labute approximate surface area is 206 Å². The van der Waals surface area contributed by atoms with Gasteiger partial charge in [-0.3, -0.25) is 14.9 Å². The van der Waals surface area contributed by atoms with Crippen molar-refractivity contribution in [2.24, 2.45) is 0 Å². The van der Waals surface area contributed by atoms with Crippen LogP contribution in [0.3, 0.4) is 0 Å². The van der Waals surface area contributed by atoms with Gasteiger partial charge in [-0.1, -0.05) is 19.9 Å². The van der Waals surface area contributed by atoms with E-state index in [1.54, 1.807) is 6.07 Å². The van der Waals surface area contributed by atoms with Gasteiger partial charge in [-0.2, -0.15) is 5.10 Å². The maximum Gasteiger partial charge on any atom is 0.228 e. The van der Waals surface area contributed by atoms with E-state index < -0.39 is 0 Å². The van der Waals surface area contributed by atoms with Gasteiger partial charge in [0.25, 0.3) is 0 Å². The zero-order valence-electron chi connectivity index (χ0n) is 21.0. The minimum atomic E-state index is 0.128. The topological polar surface area (TPSA) is 104 Å². The van der Waals surface area contributed by atoms with Crippen molar-refractivity contribution in [1.29, 1.82) is 0 Å². The summed E-state index contributed by atoms with van der Waals surface area (Å²) in [5.74, 6) is 1.39. The first-order valence-corrected chi connectivity index (χ1v) is 12.5. The van der Waals surface area contributed by atoms with Crippen LogP contribution in [0.1, 0.15) is 66.7 Å². The number of piperidine rings is 1. The van der Waals surface area contributed by atoms with Gasteiger partial charge in [0.2, 0.25) is 5.91 Å². The predicted octanol–water partition coefficient (Wildman–Crippen LogP) is 5.22. The molecule has 0 bridgehead atoms. The quantitative estimate of drug-likeness (QED) is 0.372. The molecule has 4 N–H and O–H groups in total. The number of aromatic amines is 2. The molecule has 3 aromatic heterocycles. The number of nitrogen functional groups attached to an aromatic ring is 1. The average molecular weight is 471 g/mol. The number of benzene rings is 1. The third-order valence-electron chi connectivity index (χ3n) is 7.12. The van der Waals surface area contributed by atoms with Gasteiger partial charge in [0, 0.05) is 52.7 Å². The monoisotopic (exact) mass is 470 g/mol. The molecular formula is C28H34N6O. The molecule has 0 spiro atoms. The summed E-state index contributed by atoms with van der Waals surface area (Å²) in [6.45, 7) is 10.2. The van der Waals surface area contributed by atoms with Gasteiger partial charge in [0.1, 0.15) is 5.82 Å². The lowest BCUT2D eigenvalue weighted by Crippen LogP contribution is -2.38. The van der Waals surface area contributed by atoms with Crippen LogP contribution in [0.15, 0.2) is 36.4 Å². The number of anilines is 1. The molecule has 0 unspecified atom stereocenters. The number of pyridine rings is 1. The van der Waals surface area contributed by atoms with E-state index in [1.807, 2.05) is 18.7 Å². The van der Waals surface area contributed by atoms with Crippen molar-refractivity contribution < 1.29 is 4.79 Å². The SMILES string of the molecule is Cc1cc(-c2[nH]c3ccc(C4CCN(C(=O)Cc5cc(N)n[nH]5)CC4)cc3c2C(C)C)cc(C)n1. The van der Waals surface area contributed by atoms with Crippen LogP contribution in [0, 0.1) is 13.8 Å². The number of aromatic nitrogens is 4. The molecule has 1 amide bonds. The lowest BCUT2D eigenvalue weighted by Gasteiger charge is -2.32. The number of fused-ring (bicyclic) bond motifs is 1. The van der Waals surface area contributed by atoms with Crippen LogP contribution < -0.4 is 5.73 Å². The minimum absolute atomic E-state index is 0.128. The van der Waals surface area contributed by atoms with Gasteiger partial charge in [0.15, 0.2) is 0 Å². The largest absolute Gasteiger partial charge is 0.382 e. The Morgan fingerprint density at radius 2 is 1.83 bits per heavy atom. The van der Waals surface area contributed by atoms with E-state index in [1.165, 1.54) is 33.3 Å². The Kier molecular flexibility index (Phi) is 6.09. The third-order valence-corrected chi connectivity index (χ3v) is 7.12. The van der Waals surface area contributed by atoms with Crippen LogP contribution in [0.2, 0.25) is 0 Å². The Morgan fingerprint density at radius 3 is 2.46 bits per heavy atom. The molecule has 0 atom stereocenters. The highest BCUT2D eigenvalue weighted by molar-refractivity contribution is 5.92. The van der Waals surface area contributed by atoms with Gasteiger partial charge in [-0.15, -0.1) is 0 Å². The van der Waals surface area contributed by atoms with E-state index in [-0.39, 0.29) is 5.91 Å². The van der Waals surface area contributed by atoms with Crippen molar-refractivity contribution in [2.75, 3.05) is 18.8 Å². The molecule has 0 saturated carbocycles. The summed E-state index contributed by atoms with van der Waals surface area (Å²) in [5, 5.41) is 8.05. The number of likely N-dealkylation sites (tertiary alicyclic amines) is 1. The zero-order valence-corrected chi connectivity index (χ0v) is 21.0. The zero-order chi connectivity index (χ0) is 24.7. The molecule has 1 aliphatic rings. The normalized spacial score (nSPS) is 14.8. The Bertz CT molecular complexity index is 1350. The summed E-state index contributed by atoms with van der Waals surface area (Å²) < 4.78 is 0. The molecule has 1 aromatic carbocycles. The number of aryl methyl sites for hydroxylation is 2. The molecule has 5 rings (SSSR count). The summed E-state index contributed by atoms with van der Waals surface area (Å²) in [7, 11) is 0. The van der Waals surface area contributed by atoms with Crippen LogP contribution in [-0.2, 0) is 11.2 Å². The fraction of sp³-hybridized carbons (Fsp3) is 0.393. The first kappa shape index (κ1) is 23.1. The number of hydrogen-bond donors (Lipinski definition) is 3. The second-order valence-electron chi connectivity index (χ2n) is 10.2. The number of nitrogens with zero attached hydrogens (tertiary/aromatic N) is 3. The third kappa shape index (κ3) is 4.67. The van der Waals surface area contributed by atoms with E-state index in [0.717, 1.165) is 43.0 Å². The minimum Gasteiger partial charge on any atom is -0.382 e. The van der Waals surface area contributed by atoms with Gasteiger partial charge in [-0.05, 0) is 73.9 Å². The molecule has 1 fully saturated rings. The molecule has 182 valence electrons. The van der Waals surface area contributed by atoms with Crippen LogP contribution in [0.5, 0.6) is 0 Å². The highest BCUT2D eigenvalue weighted by Gasteiger charge is 2.25. The number of nitrogens with one attached hydrogen (secondary N) is 2. The summed E-state index contributed by atoms with van der Waals surface area (Å²) >= 11 is 0. The first-order chi connectivity index (χ1) is 16.8. The fourth-order valence-corrected chi connectivity index (χ4v) is 5.50. The number of amides is 1. The number of hydrogen-bond acceptors (Lipinski definition) is 4. The highest BCUT2D eigenvalue weighted by atomic mass is 16.2. The molecule has 1 aliphatic heterocycles. The van der Waals surface area contributed by atoms with E-state index in [4.69, 9.17) is 5.73 Å². The van der Waals surface area contributed by atoms with Crippen LogP contribution in [0.4, 0.5) is 5.82 Å². The highest BCUT2D eigenvalue weighted by Crippen LogP contribution is 2.38. The second kappa shape index (κ2) is 9.21. The lowest BCUT2D eigenvalue weighted by atomic mass is 9.87. The van der Waals surface area contributed by atoms with Crippen LogP contribution in [0.25, 0.3) is 22.2 Å². The van der Waals surface area contributed by atoms with Crippen molar-refractivity contribution in [3.8, 4) is 11.3 Å². The standard InChI is InChI=1S/C28H34N6O/c1-16(2)27-23-13-20(5-6-24(23)31-28(27)21-11-17(3)30-18(4)12-21)19-7-9-34(10-8-19)26(35)15-22-14-25(29)33-32-22/h5-6,11-14,16,19,31H,7-10,15H2,1-4H3,(H3,29,32,33). The maximum absolute atomic E-state index is 12.7. The number of carbonyl (C=O) groups excluding carboxylic acids is 1. The Hall–Kier alpha value is -3.61. The molecule has 35 heavy (non-hydrogen) atoms. The second-order valence-corrected chi connectivity index (χ2v) is 10.2. The van der Waals surface area contributed by atoms with Crippen LogP contribution in [-0.4, -0.2) is 44.1 Å². The van der Waals surface area contributed by atoms with Crippen molar-refractivity contribution in [3.05, 3.63) is 64.6 Å². The molecule has 1 saturated heterocycles. The van der Waals surface area contributed by atoms with Gasteiger partial charge >= 0.3 is 0 Å².